The first-order valence-electron chi connectivity index (χ1n) is 8.17. The summed E-state index contributed by atoms with van der Waals surface area (Å²) in [5, 5.41) is 17.5. The van der Waals surface area contributed by atoms with Crippen molar-refractivity contribution in [2.75, 3.05) is 26.4 Å². The van der Waals surface area contributed by atoms with Crippen molar-refractivity contribution in [1.82, 2.24) is 0 Å². The van der Waals surface area contributed by atoms with E-state index in [2.05, 4.69) is 0 Å². The maximum Gasteiger partial charge on any atom is 0.119 e. The van der Waals surface area contributed by atoms with Gasteiger partial charge in [-0.25, -0.2) is 0 Å². The number of benzene rings is 2. The molecule has 2 rings (SSSR count). The summed E-state index contributed by atoms with van der Waals surface area (Å²) in [5.74, 6) is 1.62. The molecule has 0 unspecified atom stereocenters. The minimum atomic E-state index is 0.145. The molecule has 0 atom stereocenters. The Balaban J connectivity index is 1.86. The SMILES string of the molecule is OCCCOc1ccc(/C=C/c2ccc(OCCCO)cc2)cc1. The topological polar surface area (TPSA) is 58.9 Å². The Kier molecular flexibility index (Phi) is 7.87. The fourth-order valence-electron chi connectivity index (χ4n) is 2.05. The van der Waals surface area contributed by atoms with E-state index in [1.165, 1.54) is 0 Å². The molecule has 4 nitrogen and oxygen atoms in total. The molecular weight excluding hydrogens is 304 g/mol. The van der Waals surface area contributed by atoms with Gasteiger partial charge < -0.3 is 19.7 Å². The molecule has 128 valence electrons. The van der Waals surface area contributed by atoms with Crippen molar-refractivity contribution < 1.29 is 19.7 Å². The first-order chi connectivity index (χ1) is 11.8. The molecule has 2 aromatic rings. The summed E-state index contributed by atoms with van der Waals surface area (Å²) in [6.07, 6.45) is 5.36. The summed E-state index contributed by atoms with van der Waals surface area (Å²) in [6, 6.07) is 15.7. The number of rotatable bonds is 10. The largest absolute Gasteiger partial charge is 0.494 e. The van der Waals surface area contributed by atoms with Gasteiger partial charge in [-0.05, 0) is 35.4 Å². The third kappa shape index (κ3) is 6.44. The minimum absolute atomic E-state index is 0.145. The Bertz CT molecular complexity index is 547. The predicted molar refractivity (Wildman–Crippen MR) is 96.2 cm³/mol. The van der Waals surface area contributed by atoms with Crippen LogP contribution in [-0.2, 0) is 0 Å². The number of hydrogen-bond acceptors (Lipinski definition) is 4. The average molecular weight is 328 g/mol. The molecule has 0 aliphatic rings. The van der Waals surface area contributed by atoms with Crippen LogP contribution < -0.4 is 9.47 Å². The van der Waals surface area contributed by atoms with E-state index in [1.54, 1.807) is 0 Å². The highest BCUT2D eigenvalue weighted by molar-refractivity contribution is 5.70. The molecule has 0 saturated heterocycles. The Morgan fingerprint density at radius 1 is 0.625 bits per heavy atom. The number of aliphatic hydroxyl groups is 2. The minimum Gasteiger partial charge on any atom is -0.494 e. The van der Waals surface area contributed by atoms with Crippen molar-refractivity contribution in [3.05, 3.63) is 59.7 Å². The smallest absolute Gasteiger partial charge is 0.119 e. The zero-order chi connectivity index (χ0) is 17.0. The molecule has 0 bridgehead atoms. The Morgan fingerprint density at radius 3 is 1.33 bits per heavy atom. The number of aliphatic hydroxyl groups excluding tert-OH is 2. The van der Waals surface area contributed by atoms with Crippen LogP contribution in [0.15, 0.2) is 48.5 Å². The van der Waals surface area contributed by atoms with Gasteiger partial charge in [0.2, 0.25) is 0 Å². The molecule has 0 spiro atoms. The fourth-order valence-corrected chi connectivity index (χ4v) is 2.05. The van der Waals surface area contributed by atoms with Crippen LogP contribution in [0.3, 0.4) is 0 Å². The lowest BCUT2D eigenvalue weighted by Gasteiger charge is -2.05. The lowest BCUT2D eigenvalue weighted by molar-refractivity contribution is 0.233. The molecule has 0 saturated carbocycles. The van der Waals surface area contributed by atoms with E-state index in [-0.39, 0.29) is 13.2 Å². The van der Waals surface area contributed by atoms with E-state index in [0.717, 1.165) is 22.6 Å². The quantitative estimate of drug-likeness (QED) is 0.518. The first kappa shape index (κ1) is 18.0. The third-order valence-corrected chi connectivity index (χ3v) is 3.37. The molecule has 2 aromatic carbocycles. The maximum absolute atomic E-state index is 8.73. The Morgan fingerprint density at radius 2 is 1.00 bits per heavy atom. The molecular formula is C20H24O4. The molecule has 0 radical (unpaired) electrons. The second-order valence-corrected chi connectivity index (χ2v) is 5.32. The van der Waals surface area contributed by atoms with Crippen LogP contribution in [0, 0.1) is 0 Å². The van der Waals surface area contributed by atoms with Crippen molar-refractivity contribution >= 4 is 12.2 Å². The first-order valence-corrected chi connectivity index (χ1v) is 8.17. The van der Waals surface area contributed by atoms with E-state index >= 15 is 0 Å². The molecule has 0 aromatic heterocycles. The number of ether oxygens (including phenoxy) is 2. The summed E-state index contributed by atoms with van der Waals surface area (Å²) in [6.45, 7) is 1.34. The highest BCUT2D eigenvalue weighted by atomic mass is 16.5. The monoisotopic (exact) mass is 328 g/mol. The normalized spacial score (nSPS) is 10.9. The van der Waals surface area contributed by atoms with Crippen LogP contribution in [0.1, 0.15) is 24.0 Å². The molecule has 0 heterocycles. The van der Waals surface area contributed by atoms with Gasteiger partial charge in [-0.1, -0.05) is 36.4 Å². The van der Waals surface area contributed by atoms with Crippen molar-refractivity contribution in [2.24, 2.45) is 0 Å². The van der Waals surface area contributed by atoms with Gasteiger partial charge in [-0.2, -0.15) is 0 Å². The molecule has 0 fully saturated rings. The van der Waals surface area contributed by atoms with E-state index in [0.29, 0.717) is 26.1 Å². The summed E-state index contributed by atoms with van der Waals surface area (Å²) < 4.78 is 11.0. The van der Waals surface area contributed by atoms with Crippen LogP contribution in [0.2, 0.25) is 0 Å². The summed E-state index contributed by atoms with van der Waals surface area (Å²) in [5.41, 5.74) is 2.18. The van der Waals surface area contributed by atoms with Crippen molar-refractivity contribution in [1.29, 1.82) is 0 Å². The van der Waals surface area contributed by atoms with Crippen LogP contribution >= 0.6 is 0 Å². The van der Waals surface area contributed by atoms with Gasteiger partial charge in [-0.3, -0.25) is 0 Å². The van der Waals surface area contributed by atoms with Crippen molar-refractivity contribution in [3.63, 3.8) is 0 Å². The summed E-state index contributed by atoms with van der Waals surface area (Å²) >= 11 is 0. The van der Waals surface area contributed by atoms with E-state index < -0.39 is 0 Å². The second kappa shape index (κ2) is 10.5. The van der Waals surface area contributed by atoms with E-state index in [4.69, 9.17) is 19.7 Å². The predicted octanol–water partition coefficient (Wildman–Crippen LogP) is 3.38. The molecule has 0 aliphatic heterocycles. The van der Waals surface area contributed by atoms with Gasteiger partial charge in [-0.15, -0.1) is 0 Å². The fraction of sp³-hybridized carbons (Fsp3) is 0.300. The highest BCUT2D eigenvalue weighted by Crippen LogP contribution is 2.17. The average Bonchev–Trinajstić information content (AvgIpc) is 2.63. The van der Waals surface area contributed by atoms with Gasteiger partial charge in [0.1, 0.15) is 11.5 Å². The van der Waals surface area contributed by atoms with Crippen LogP contribution in [0.4, 0.5) is 0 Å². The maximum atomic E-state index is 8.73. The van der Waals surface area contributed by atoms with Gasteiger partial charge >= 0.3 is 0 Å². The van der Waals surface area contributed by atoms with Crippen LogP contribution in [0.5, 0.6) is 11.5 Å². The summed E-state index contributed by atoms with van der Waals surface area (Å²) in [4.78, 5) is 0. The molecule has 0 amide bonds. The van der Waals surface area contributed by atoms with Crippen molar-refractivity contribution in [2.45, 2.75) is 12.8 Å². The van der Waals surface area contributed by atoms with Crippen LogP contribution in [0.25, 0.3) is 12.2 Å². The lowest BCUT2D eigenvalue weighted by atomic mass is 10.1. The number of hydrogen-bond donors (Lipinski definition) is 2. The molecule has 24 heavy (non-hydrogen) atoms. The highest BCUT2D eigenvalue weighted by Gasteiger charge is 1.95. The Hall–Kier alpha value is -2.30. The van der Waals surface area contributed by atoms with E-state index in [9.17, 15) is 0 Å². The standard InChI is InChI=1S/C20H24O4/c21-13-1-15-23-19-9-5-17(6-10-19)3-4-18-7-11-20(12-8-18)24-16-2-14-22/h3-12,21-22H,1-2,13-16H2/b4-3+. The second-order valence-electron chi connectivity index (χ2n) is 5.32. The lowest BCUT2D eigenvalue weighted by Crippen LogP contribution is -1.99. The van der Waals surface area contributed by atoms with Gasteiger partial charge in [0.25, 0.3) is 0 Å². The van der Waals surface area contributed by atoms with E-state index in [1.807, 2.05) is 60.7 Å². The molecule has 4 heteroatoms. The van der Waals surface area contributed by atoms with Gasteiger partial charge in [0.15, 0.2) is 0 Å². The zero-order valence-electron chi connectivity index (χ0n) is 13.7. The van der Waals surface area contributed by atoms with Gasteiger partial charge in [0.05, 0.1) is 13.2 Å². The van der Waals surface area contributed by atoms with Crippen LogP contribution in [-0.4, -0.2) is 36.6 Å². The van der Waals surface area contributed by atoms with Gasteiger partial charge in [0, 0.05) is 26.1 Å². The molecule has 2 N–H and O–H groups in total. The molecule has 0 aliphatic carbocycles. The third-order valence-electron chi connectivity index (χ3n) is 3.37. The van der Waals surface area contributed by atoms with Crippen molar-refractivity contribution in [3.8, 4) is 11.5 Å². The Labute approximate surface area is 143 Å². The zero-order valence-corrected chi connectivity index (χ0v) is 13.7. The summed E-state index contributed by atoms with van der Waals surface area (Å²) in [7, 11) is 0.